The average Bonchev–Trinajstić information content (AvgIpc) is 2.92. The lowest BCUT2D eigenvalue weighted by molar-refractivity contribution is -0.123. The van der Waals surface area contributed by atoms with Crippen LogP contribution in [0.15, 0.2) is 12.2 Å². The Morgan fingerprint density at radius 2 is 0.974 bits per heavy atom. The first-order valence-electron chi connectivity index (χ1n) is 16.9. The van der Waals surface area contributed by atoms with Crippen LogP contribution in [-0.4, -0.2) is 34.9 Å². The molecule has 4 heteroatoms. The Morgan fingerprint density at radius 1 is 0.605 bits per heavy atom. The number of carbonyl (C=O) groups is 1. The zero-order valence-electron chi connectivity index (χ0n) is 25.7. The van der Waals surface area contributed by atoms with Crippen molar-refractivity contribution in [3.63, 3.8) is 0 Å². The molecular formula is C34H67NO3. The summed E-state index contributed by atoms with van der Waals surface area (Å²) in [5, 5.41) is 22.8. The van der Waals surface area contributed by atoms with Crippen molar-refractivity contribution in [2.45, 2.75) is 193 Å². The number of unbranched alkanes of at least 4 members (excludes halogenated alkanes) is 23. The summed E-state index contributed by atoms with van der Waals surface area (Å²) >= 11 is 0. The van der Waals surface area contributed by atoms with E-state index in [0.717, 1.165) is 25.7 Å². The quantitative estimate of drug-likeness (QED) is 0.0631. The van der Waals surface area contributed by atoms with Crippen LogP contribution in [-0.2, 0) is 4.79 Å². The Labute approximate surface area is 237 Å². The summed E-state index contributed by atoms with van der Waals surface area (Å²) in [6.07, 6.45) is 35.7. The van der Waals surface area contributed by atoms with E-state index in [9.17, 15) is 15.0 Å². The van der Waals surface area contributed by atoms with Crippen molar-refractivity contribution in [2.24, 2.45) is 0 Å². The topological polar surface area (TPSA) is 69.6 Å². The van der Waals surface area contributed by atoms with Crippen LogP contribution in [0.4, 0.5) is 0 Å². The predicted molar refractivity (Wildman–Crippen MR) is 166 cm³/mol. The molecular weight excluding hydrogens is 470 g/mol. The van der Waals surface area contributed by atoms with Crippen LogP contribution < -0.4 is 5.32 Å². The molecule has 3 N–H and O–H groups in total. The van der Waals surface area contributed by atoms with Gasteiger partial charge >= 0.3 is 0 Å². The first kappa shape index (κ1) is 37.1. The van der Waals surface area contributed by atoms with Gasteiger partial charge in [-0.3, -0.25) is 4.79 Å². The second kappa shape index (κ2) is 30.7. The van der Waals surface area contributed by atoms with E-state index >= 15 is 0 Å². The Bertz CT molecular complexity index is 508. The highest BCUT2D eigenvalue weighted by Crippen LogP contribution is 2.14. The van der Waals surface area contributed by atoms with Gasteiger partial charge in [0.15, 0.2) is 0 Å². The van der Waals surface area contributed by atoms with E-state index < -0.39 is 12.1 Å². The number of hydrogen-bond donors (Lipinski definition) is 3. The number of aliphatic hydroxyl groups is 2. The molecule has 0 aliphatic carbocycles. The van der Waals surface area contributed by atoms with Crippen molar-refractivity contribution < 1.29 is 15.0 Å². The fraction of sp³-hybridized carbons (Fsp3) is 0.912. The van der Waals surface area contributed by atoms with Gasteiger partial charge in [-0.25, -0.2) is 0 Å². The van der Waals surface area contributed by atoms with E-state index in [1.165, 1.54) is 135 Å². The lowest BCUT2D eigenvalue weighted by Gasteiger charge is -2.20. The summed E-state index contributed by atoms with van der Waals surface area (Å²) in [5.74, 6) is -0.0658. The maximum Gasteiger partial charge on any atom is 0.220 e. The third-order valence-corrected chi connectivity index (χ3v) is 7.77. The number of allylic oxidation sites excluding steroid dienone is 1. The lowest BCUT2D eigenvalue weighted by atomic mass is 10.0. The van der Waals surface area contributed by atoms with Gasteiger partial charge in [0.25, 0.3) is 0 Å². The molecule has 0 spiro atoms. The molecule has 0 aromatic rings. The molecule has 0 aromatic carbocycles. The van der Waals surface area contributed by atoms with E-state index in [1.54, 1.807) is 6.08 Å². The smallest absolute Gasteiger partial charge is 0.220 e. The summed E-state index contributed by atoms with van der Waals surface area (Å²) in [7, 11) is 0. The lowest BCUT2D eigenvalue weighted by Crippen LogP contribution is -2.45. The SMILES string of the molecule is CCCCCCCCCCCCCCC/C=C/[C@@H](O)[C@H](CO)NC(=O)CCCCCCCCCCCCC. The maximum atomic E-state index is 12.2. The maximum absolute atomic E-state index is 12.2. The van der Waals surface area contributed by atoms with Crippen molar-refractivity contribution in [1.29, 1.82) is 0 Å². The van der Waals surface area contributed by atoms with Crippen LogP contribution in [0.5, 0.6) is 0 Å². The molecule has 0 rings (SSSR count). The fourth-order valence-corrected chi connectivity index (χ4v) is 5.12. The number of nitrogens with one attached hydrogen (secondary N) is 1. The molecule has 0 saturated heterocycles. The van der Waals surface area contributed by atoms with Crippen molar-refractivity contribution in [3.05, 3.63) is 12.2 Å². The van der Waals surface area contributed by atoms with E-state index in [1.807, 2.05) is 6.08 Å². The van der Waals surface area contributed by atoms with Crippen LogP contribution in [0.3, 0.4) is 0 Å². The number of carbonyl (C=O) groups excluding carboxylic acids is 1. The summed E-state index contributed by atoms with van der Waals surface area (Å²) in [4.78, 5) is 12.2. The van der Waals surface area contributed by atoms with Crippen molar-refractivity contribution in [2.75, 3.05) is 6.61 Å². The zero-order valence-corrected chi connectivity index (χ0v) is 25.7. The molecule has 0 aromatic heterocycles. The fourth-order valence-electron chi connectivity index (χ4n) is 5.12. The summed E-state index contributed by atoms with van der Waals surface area (Å²) in [6.45, 7) is 4.29. The molecule has 0 bridgehead atoms. The molecule has 0 radical (unpaired) electrons. The zero-order chi connectivity index (χ0) is 27.9. The second-order valence-electron chi connectivity index (χ2n) is 11.6. The first-order chi connectivity index (χ1) is 18.7. The monoisotopic (exact) mass is 538 g/mol. The van der Waals surface area contributed by atoms with E-state index in [4.69, 9.17) is 0 Å². The van der Waals surface area contributed by atoms with Crippen LogP contribution in [0.1, 0.15) is 181 Å². The predicted octanol–water partition coefficient (Wildman–Crippen LogP) is 9.56. The Kier molecular flexibility index (Phi) is 30.0. The van der Waals surface area contributed by atoms with Gasteiger partial charge in [0.1, 0.15) is 0 Å². The first-order valence-corrected chi connectivity index (χ1v) is 16.9. The van der Waals surface area contributed by atoms with Crippen molar-refractivity contribution in [3.8, 4) is 0 Å². The Balaban J connectivity index is 3.63. The molecule has 0 aliphatic rings. The van der Waals surface area contributed by atoms with E-state index in [-0.39, 0.29) is 12.5 Å². The van der Waals surface area contributed by atoms with E-state index in [0.29, 0.717) is 6.42 Å². The average molecular weight is 538 g/mol. The molecule has 4 nitrogen and oxygen atoms in total. The van der Waals surface area contributed by atoms with Gasteiger partial charge in [-0.2, -0.15) is 0 Å². The van der Waals surface area contributed by atoms with Crippen LogP contribution in [0.25, 0.3) is 0 Å². The Morgan fingerprint density at radius 3 is 1.37 bits per heavy atom. The molecule has 226 valence electrons. The van der Waals surface area contributed by atoms with E-state index in [2.05, 4.69) is 19.2 Å². The number of aliphatic hydroxyl groups excluding tert-OH is 2. The summed E-state index contributed by atoms with van der Waals surface area (Å²) in [6, 6.07) is -0.613. The van der Waals surface area contributed by atoms with Crippen molar-refractivity contribution >= 4 is 5.91 Å². The summed E-state index contributed by atoms with van der Waals surface area (Å²) < 4.78 is 0. The molecule has 0 heterocycles. The van der Waals surface area contributed by atoms with Gasteiger partial charge in [0.05, 0.1) is 18.8 Å². The minimum atomic E-state index is -0.830. The van der Waals surface area contributed by atoms with Crippen LogP contribution in [0.2, 0.25) is 0 Å². The molecule has 0 unspecified atom stereocenters. The van der Waals surface area contributed by atoms with Gasteiger partial charge < -0.3 is 15.5 Å². The molecule has 2 atom stereocenters. The van der Waals surface area contributed by atoms with Gasteiger partial charge in [-0.05, 0) is 19.3 Å². The normalized spacial score (nSPS) is 13.3. The second-order valence-corrected chi connectivity index (χ2v) is 11.6. The minimum absolute atomic E-state index is 0.0658. The Hall–Kier alpha value is -0.870. The molecule has 0 fully saturated rings. The van der Waals surface area contributed by atoms with Crippen LogP contribution >= 0.6 is 0 Å². The third kappa shape index (κ3) is 26.7. The third-order valence-electron chi connectivity index (χ3n) is 7.77. The number of rotatable bonds is 30. The van der Waals surface area contributed by atoms with Crippen LogP contribution in [0, 0.1) is 0 Å². The standard InChI is InChI=1S/C34H67NO3/c1-3-5-7-9-11-13-15-16-17-18-20-21-23-25-27-29-33(37)32(31-36)35-34(38)30-28-26-24-22-19-14-12-10-8-6-4-2/h27,29,32-33,36-37H,3-26,28,30-31H2,1-2H3,(H,35,38)/b29-27+/t32-,33+/m0/s1. The molecule has 1 amide bonds. The minimum Gasteiger partial charge on any atom is -0.394 e. The molecule has 0 aliphatic heterocycles. The number of amides is 1. The highest BCUT2D eigenvalue weighted by atomic mass is 16.3. The van der Waals surface area contributed by atoms with Gasteiger partial charge in [-0.1, -0.05) is 167 Å². The highest BCUT2D eigenvalue weighted by Gasteiger charge is 2.17. The highest BCUT2D eigenvalue weighted by molar-refractivity contribution is 5.76. The summed E-state index contributed by atoms with van der Waals surface area (Å²) in [5.41, 5.74) is 0. The number of hydrogen-bond acceptors (Lipinski definition) is 3. The largest absolute Gasteiger partial charge is 0.394 e. The van der Waals surface area contributed by atoms with Gasteiger partial charge in [-0.15, -0.1) is 0 Å². The molecule has 0 saturated carbocycles. The van der Waals surface area contributed by atoms with Crippen molar-refractivity contribution in [1.82, 2.24) is 5.32 Å². The molecule has 38 heavy (non-hydrogen) atoms. The van der Waals surface area contributed by atoms with Gasteiger partial charge in [0, 0.05) is 6.42 Å². The van der Waals surface area contributed by atoms with Gasteiger partial charge in [0.2, 0.25) is 5.91 Å².